The highest BCUT2D eigenvalue weighted by molar-refractivity contribution is 5.84. The van der Waals surface area contributed by atoms with Gasteiger partial charge in [-0.05, 0) is 52.5 Å². The normalized spacial score (nSPS) is 28.6. The predicted molar refractivity (Wildman–Crippen MR) is 77.9 cm³/mol. The first-order chi connectivity index (χ1) is 9.01. The summed E-state index contributed by atoms with van der Waals surface area (Å²) in [5.41, 5.74) is 5.07. The van der Waals surface area contributed by atoms with Crippen LogP contribution in [0.15, 0.2) is 0 Å². The van der Waals surface area contributed by atoms with Crippen molar-refractivity contribution in [1.29, 1.82) is 0 Å². The van der Waals surface area contributed by atoms with Crippen molar-refractivity contribution in [3.63, 3.8) is 0 Å². The number of hydrogen-bond acceptors (Lipinski definition) is 3. The molecule has 2 rings (SSSR count). The Balaban J connectivity index is 1.87. The fourth-order valence-corrected chi connectivity index (χ4v) is 2.98. The van der Waals surface area contributed by atoms with Crippen LogP contribution in [0.4, 0.5) is 0 Å². The smallest absolute Gasteiger partial charge is 0.237 e. The van der Waals surface area contributed by atoms with E-state index in [-0.39, 0.29) is 5.91 Å². The first-order valence-corrected chi connectivity index (χ1v) is 7.83. The van der Waals surface area contributed by atoms with Crippen LogP contribution in [0.2, 0.25) is 0 Å². The van der Waals surface area contributed by atoms with Crippen molar-refractivity contribution in [2.75, 3.05) is 13.1 Å². The minimum absolute atomic E-state index is 0.207. The molecule has 2 unspecified atom stereocenters. The van der Waals surface area contributed by atoms with Crippen LogP contribution < -0.4 is 11.1 Å². The molecule has 0 aromatic heterocycles. The lowest BCUT2D eigenvalue weighted by Crippen LogP contribution is -2.55. The van der Waals surface area contributed by atoms with Crippen LogP contribution in [0.3, 0.4) is 0 Å². The predicted octanol–water partition coefficient (Wildman–Crippen LogP) is 1.64. The molecule has 4 heteroatoms. The summed E-state index contributed by atoms with van der Waals surface area (Å²) in [7, 11) is 0. The molecule has 1 saturated carbocycles. The summed E-state index contributed by atoms with van der Waals surface area (Å²) in [5.74, 6) is -0.207. The maximum atomic E-state index is 11.7. The van der Waals surface area contributed by atoms with Crippen LogP contribution in [0.25, 0.3) is 0 Å². The van der Waals surface area contributed by atoms with E-state index in [1.165, 1.54) is 45.1 Å². The first kappa shape index (κ1) is 14.8. The molecule has 2 fully saturated rings. The van der Waals surface area contributed by atoms with Crippen molar-refractivity contribution in [3.8, 4) is 0 Å². The molecule has 3 N–H and O–H groups in total. The van der Waals surface area contributed by atoms with E-state index in [9.17, 15) is 4.79 Å². The molecule has 0 aromatic rings. The van der Waals surface area contributed by atoms with Gasteiger partial charge in [-0.15, -0.1) is 0 Å². The van der Waals surface area contributed by atoms with Crippen molar-refractivity contribution in [3.05, 3.63) is 0 Å². The molecule has 1 aliphatic carbocycles. The number of amides is 1. The Labute approximate surface area is 117 Å². The fourth-order valence-electron chi connectivity index (χ4n) is 2.98. The van der Waals surface area contributed by atoms with Crippen molar-refractivity contribution in [2.24, 2.45) is 5.73 Å². The minimum Gasteiger partial charge on any atom is -0.368 e. The molecule has 110 valence electrons. The van der Waals surface area contributed by atoms with Crippen LogP contribution in [0.1, 0.15) is 58.8 Å². The van der Waals surface area contributed by atoms with Crippen LogP contribution in [-0.4, -0.2) is 41.5 Å². The first-order valence-electron chi connectivity index (χ1n) is 7.83. The van der Waals surface area contributed by atoms with Crippen molar-refractivity contribution in [2.45, 2.75) is 76.4 Å². The summed E-state index contributed by atoms with van der Waals surface area (Å²) in [6.45, 7) is 6.41. The van der Waals surface area contributed by atoms with Gasteiger partial charge in [0.25, 0.3) is 0 Å². The number of likely N-dealkylation sites (tertiary alicyclic amines) is 1. The molecular weight excluding hydrogens is 238 g/mol. The van der Waals surface area contributed by atoms with Gasteiger partial charge in [0.1, 0.15) is 0 Å². The largest absolute Gasteiger partial charge is 0.368 e. The van der Waals surface area contributed by atoms with Crippen LogP contribution in [0.5, 0.6) is 0 Å². The van der Waals surface area contributed by atoms with Crippen molar-refractivity contribution in [1.82, 2.24) is 10.2 Å². The van der Waals surface area contributed by atoms with E-state index in [1.54, 1.807) is 0 Å². The van der Waals surface area contributed by atoms with Crippen molar-refractivity contribution >= 4 is 5.91 Å². The standard InChI is InChI=1S/C15H29N3O/c1-12-6-4-3-5-10-18(12)11-9-15(2,14(16)19)17-13-7-8-13/h12-13,17H,3-11H2,1-2H3,(H2,16,19). The Morgan fingerprint density at radius 2 is 2.05 bits per heavy atom. The monoisotopic (exact) mass is 267 g/mol. The van der Waals surface area contributed by atoms with Gasteiger partial charge in [0.2, 0.25) is 5.91 Å². The van der Waals surface area contributed by atoms with E-state index < -0.39 is 5.54 Å². The Kier molecular flexibility index (Phi) is 4.85. The minimum atomic E-state index is -0.535. The SMILES string of the molecule is CC1CCCCCN1CCC(C)(NC1CC1)C(N)=O. The molecule has 1 aliphatic heterocycles. The van der Waals surface area contributed by atoms with Gasteiger partial charge in [-0.2, -0.15) is 0 Å². The zero-order valence-corrected chi connectivity index (χ0v) is 12.5. The Bertz CT molecular complexity index is 317. The number of rotatable bonds is 6. The van der Waals surface area contributed by atoms with Crippen LogP contribution >= 0.6 is 0 Å². The Morgan fingerprint density at radius 1 is 1.32 bits per heavy atom. The van der Waals surface area contributed by atoms with Crippen LogP contribution in [0, 0.1) is 0 Å². The summed E-state index contributed by atoms with van der Waals surface area (Å²) in [5, 5.41) is 3.44. The number of carbonyl (C=O) groups is 1. The topological polar surface area (TPSA) is 58.4 Å². The maximum Gasteiger partial charge on any atom is 0.237 e. The molecule has 1 amide bonds. The average molecular weight is 267 g/mol. The van der Waals surface area contributed by atoms with Gasteiger partial charge in [0.15, 0.2) is 0 Å². The molecular formula is C15H29N3O. The molecule has 2 aliphatic rings. The number of nitrogens with one attached hydrogen (secondary N) is 1. The van der Waals surface area contributed by atoms with Gasteiger partial charge < -0.3 is 16.0 Å². The van der Waals surface area contributed by atoms with E-state index in [2.05, 4.69) is 17.1 Å². The highest BCUT2D eigenvalue weighted by Gasteiger charge is 2.37. The molecule has 2 atom stereocenters. The molecule has 0 radical (unpaired) electrons. The number of nitrogens with zero attached hydrogens (tertiary/aromatic N) is 1. The second-order valence-corrected chi connectivity index (χ2v) is 6.60. The summed E-state index contributed by atoms with van der Waals surface area (Å²) in [4.78, 5) is 14.3. The van der Waals surface area contributed by atoms with Crippen LogP contribution in [-0.2, 0) is 4.79 Å². The number of primary amides is 1. The summed E-state index contributed by atoms with van der Waals surface area (Å²) >= 11 is 0. The molecule has 1 heterocycles. The Morgan fingerprint density at radius 3 is 2.68 bits per heavy atom. The Hall–Kier alpha value is -0.610. The van der Waals surface area contributed by atoms with Gasteiger partial charge in [-0.1, -0.05) is 12.8 Å². The molecule has 0 bridgehead atoms. The molecule has 0 aromatic carbocycles. The number of nitrogens with two attached hydrogens (primary N) is 1. The van der Waals surface area contributed by atoms with Gasteiger partial charge in [-0.3, -0.25) is 4.79 Å². The van der Waals surface area contributed by atoms with Gasteiger partial charge in [0.05, 0.1) is 5.54 Å². The summed E-state index contributed by atoms with van der Waals surface area (Å²) < 4.78 is 0. The molecule has 0 spiro atoms. The zero-order valence-electron chi connectivity index (χ0n) is 12.5. The highest BCUT2D eigenvalue weighted by atomic mass is 16.1. The van der Waals surface area contributed by atoms with E-state index in [1.807, 2.05) is 6.92 Å². The van der Waals surface area contributed by atoms with Gasteiger partial charge in [-0.25, -0.2) is 0 Å². The molecule has 4 nitrogen and oxygen atoms in total. The number of carbonyl (C=O) groups excluding carboxylic acids is 1. The highest BCUT2D eigenvalue weighted by Crippen LogP contribution is 2.25. The third kappa shape index (κ3) is 4.18. The molecule has 1 saturated heterocycles. The maximum absolute atomic E-state index is 11.7. The third-order valence-corrected chi connectivity index (χ3v) is 4.73. The second-order valence-electron chi connectivity index (χ2n) is 6.60. The fraction of sp³-hybridized carbons (Fsp3) is 0.933. The summed E-state index contributed by atoms with van der Waals surface area (Å²) in [6.07, 6.45) is 8.44. The number of hydrogen-bond donors (Lipinski definition) is 2. The van der Waals surface area contributed by atoms with Gasteiger partial charge in [0, 0.05) is 18.6 Å². The molecule has 19 heavy (non-hydrogen) atoms. The summed E-state index contributed by atoms with van der Waals surface area (Å²) in [6, 6.07) is 1.15. The quantitative estimate of drug-likeness (QED) is 0.769. The lowest BCUT2D eigenvalue weighted by Gasteiger charge is -2.33. The second kappa shape index (κ2) is 6.23. The lowest BCUT2D eigenvalue weighted by atomic mass is 9.96. The zero-order chi connectivity index (χ0) is 13.9. The van der Waals surface area contributed by atoms with Gasteiger partial charge >= 0.3 is 0 Å². The average Bonchev–Trinajstić information content (AvgIpc) is 3.16. The van der Waals surface area contributed by atoms with Crippen molar-refractivity contribution < 1.29 is 4.79 Å². The third-order valence-electron chi connectivity index (χ3n) is 4.73. The lowest BCUT2D eigenvalue weighted by molar-refractivity contribution is -0.124. The van der Waals surface area contributed by atoms with E-state index in [0.717, 1.165) is 13.0 Å². The van der Waals surface area contributed by atoms with E-state index >= 15 is 0 Å². The van der Waals surface area contributed by atoms with E-state index in [4.69, 9.17) is 5.73 Å². The van der Waals surface area contributed by atoms with E-state index in [0.29, 0.717) is 12.1 Å².